The van der Waals surface area contributed by atoms with E-state index in [0.717, 1.165) is 10.5 Å². The minimum absolute atomic E-state index is 0.363. The second-order valence-electron chi connectivity index (χ2n) is 3.30. The smallest absolute Gasteiger partial charge is 0.210 e. The third kappa shape index (κ3) is 1.25. The first-order chi connectivity index (χ1) is 7.90. The molecule has 2 aromatic heterocycles. The molecule has 0 fully saturated rings. The molecule has 1 aromatic carbocycles. The Kier molecular flexibility index (Phi) is 2.04. The molecule has 0 unspecified atom stereocenters. The van der Waals surface area contributed by atoms with Crippen LogP contribution in [0.4, 0.5) is 5.82 Å². The molecule has 5 heteroatoms. The van der Waals surface area contributed by atoms with E-state index < -0.39 is 0 Å². The maximum atomic E-state index is 10.9. The van der Waals surface area contributed by atoms with Gasteiger partial charge in [0, 0.05) is 17.1 Å². The van der Waals surface area contributed by atoms with Gasteiger partial charge in [0.15, 0.2) is 4.96 Å². The summed E-state index contributed by atoms with van der Waals surface area (Å²) in [6.45, 7) is 0. The molecule has 3 rings (SSSR count). The fourth-order valence-electron chi connectivity index (χ4n) is 1.65. The van der Waals surface area contributed by atoms with Crippen molar-refractivity contribution < 1.29 is 0 Å². The zero-order chi connectivity index (χ0) is 11.0. The lowest BCUT2D eigenvalue weighted by atomic mass is 10.1. The van der Waals surface area contributed by atoms with Gasteiger partial charge in [-0.3, -0.25) is 4.40 Å². The molecular weight excluding hydrogens is 222 g/mol. The lowest BCUT2D eigenvalue weighted by Gasteiger charge is -1.95. The van der Waals surface area contributed by atoms with E-state index in [9.17, 15) is 4.91 Å². The number of hydrogen-bond donors (Lipinski definition) is 0. The van der Waals surface area contributed by atoms with E-state index in [1.807, 2.05) is 35.7 Å². The summed E-state index contributed by atoms with van der Waals surface area (Å²) in [6.07, 6.45) is 1.80. The van der Waals surface area contributed by atoms with Gasteiger partial charge in [-0.15, -0.1) is 16.2 Å². The topological polar surface area (TPSA) is 46.7 Å². The van der Waals surface area contributed by atoms with Gasteiger partial charge in [-0.2, -0.15) is 0 Å². The highest BCUT2D eigenvalue weighted by Crippen LogP contribution is 2.32. The van der Waals surface area contributed by atoms with E-state index in [1.54, 1.807) is 10.6 Å². The number of aromatic nitrogens is 2. The van der Waals surface area contributed by atoms with E-state index in [2.05, 4.69) is 10.2 Å². The van der Waals surface area contributed by atoms with Crippen LogP contribution in [0.5, 0.6) is 0 Å². The Morgan fingerprint density at radius 1 is 1.25 bits per heavy atom. The molecule has 3 aromatic rings. The molecule has 16 heavy (non-hydrogen) atoms. The molecule has 0 aliphatic heterocycles. The Morgan fingerprint density at radius 3 is 2.81 bits per heavy atom. The summed E-state index contributed by atoms with van der Waals surface area (Å²) in [5, 5.41) is 4.95. The molecule has 0 saturated heterocycles. The van der Waals surface area contributed by atoms with Crippen molar-refractivity contribution in [3.63, 3.8) is 0 Å². The molecule has 0 amide bonds. The molecule has 2 heterocycles. The average Bonchev–Trinajstić information content (AvgIpc) is 2.89. The Bertz CT molecular complexity index is 642. The number of benzene rings is 1. The van der Waals surface area contributed by atoms with Gasteiger partial charge >= 0.3 is 0 Å². The van der Waals surface area contributed by atoms with Crippen molar-refractivity contribution in [1.82, 2.24) is 9.38 Å². The van der Waals surface area contributed by atoms with Crippen LogP contribution in [0.2, 0.25) is 0 Å². The minimum atomic E-state index is 0.363. The molecule has 0 aliphatic carbocycles. The van der Waals surface area contributed by atoms with Gasteiger partial charge in [0.2, 0.25) is 5.82 Å². The highest BCUT2D eigenvalue weighted by molar-refractivity contribution is 7.15. The van der Waals surface area contributed by atoms with E-state index in [4.69, 9.17) is 0 Å². The van der Waals surface area contributed by atoms with Crippen LogP contribution in [-0.4, -0.2) is 9.38 Å². The second-order valence-corrected chi connectivity index (χ2v) is 4.17. The first kappa shape index (κ1) is 9.23. The number of thiazole rings is 1. The van der Waals surface area contributed by atoms with Crippen molar-refractivity contribution in [1.29, 1.82) is 0 Å². The summed E-state index contributed by atoms with van der Waals surface area (Å²) >= 11 is 1.49. The fourth-order valence-corrected chi connectivity index (χ4v) is 2.36. The van der Waals surface area contributed by atoms with Crippen LogP contribution >= 0.6 is 11.3 Å². The normalized spacial score (nSPS) is 10.8. The maximum Gasteiger partial charge on any atom is 0.210 e. The molecule has 0 N–H and O–H groups in total. The molecule has 0 radical (unpaired) electrons. The molecule has 0 bridgehead atoms. The van der Waals surface area contributed by atoms with Gasteiger partial charge in [-0.25, -0.2) is 4.98 Å². The van der Waals surface area contributed by atoms with Crippen LogP contribution < -0.4 is 0 Å². The highest BCUT2D eigenvalue weighted by atomic mass is 32.1. The highest BCUT2D eigenvalue weighted by Gasteiger charge is 2.14. The lowest BCUT2D eigenvalue weighted by Crippen LogP contribution is -1.78. The Hall–Kier alpha value is -2.01. The van der Waals surface area contributed by atoms with Crippen molar-refractivity contribution in [2.24, 2.45) is 5.18 Å². The van der Waals surface area contributed by atoms with Crippen LogP contribution in [-0.2, 0) is 0 Å². The zero-order valence-electron chi connectivity index (χ0n) is 8.20. The fraction of sp³-hybridized carbons (Fsp3) is 0. The first-order valence-electron chi connectivity index (χ1n) is 4.74. The van der Waals surface area contributed by atoms with Crippen LogP contribution in [0.3, 0.4) is 0 Å². The van der Waals surface area contributed by atoms with Crippen LogP contribution in [0, 0.1) is 4.91 Å². The first-order valence-corrected chi connectivity index (χ1v) is 5.62. The van der Waals surface area contributed by atoms with Crippen LogP contribution in [0.15, 0.2) is 47.1 Å². The van der Waals surface area contributed by atoms with Crippen molar-refractivity contribution in [3.05, 3.63) is 46.8 Å². The summed E-state index contributed by atoms with van der Waals surface area (Å²) in [5.74, 6) is 0.363. The lowest BCUT2D eigenvalue weighted by molar-refractivity contribution is 1.20. The number of nitrogens with zero attached hydrogens (tertiary/aromatic N) is 3. The van der Waals surface area contributed by atoms with Gasteiger partial charge in [0.1, 0.15) is 5.69 Å². The summed E-state index contributed by atoms with van der Waals surface area (Å²) < 4.78 is 1.71. The Balaban J connectivity index is 2.31. The Morgan fingerprint density at radius 2 is 2.06 bits per heavy atom. The summed E-state index contributed by atoms with van der Waals surface area (Å²) in [6, 6.07) is 9.59. The summed E-state index contributed by atoms with van der Waals surface area (Å²) in [4.78, 5) is 16.1. The molecule has 0 saturated carbocycles. The quantitative estimate of drug-likeness (QED) is 0.632. The van der Waals surface area contributed by atoms with Gasteiger partial charge in [-0.1, -0.05) is 30.3 Å². The minimum Gasteiger partial charge on any atom is -0.272 e. The van der Waals surface area contributed by atoms with E-state index in [0.29, 0.717) is 11.5 Å². The Labute approximate surface area is 95.2 Å². The third-order valence-corrected chi connectivity index (χ3v) is 3.13. The number of rotatable bonds is 2. The molecule has 0 spiro atoms. The number of nitroso groups, excluding NO2 is 1. The van der Waals surface area contributed by atoms with Crippen LogP contribution in [0.25, 0.3) is 16.2 Å². The number of imidazole rings is 1. The predicted molar refractivity (Wildman–Crippen MR) is 64.0 cm³/mol. The van der Waals surface area contributed by atoms with Crippen molar-refractivity contribution in [2.45, 2.75) is 0 Å². The van der Waals surface area contributed by atoms with Gasteiger partial charge in [0.25, 0.3) is 0 Å². The van der Waals surface area contributed by atoms with Crippen molar-refractivity contribution in [3.8, 4) is 11.3 Å². The maximum absolute atomic E-state index is 10.9. The second kappa shape index (κ2) is 3.53. The average molecular weight is 229 g/mol. The summed E-state index contributed by atoms with van der Waals surface area (Å²) in [5.41, 5.74) is 1.55. The van der Waals surface area contributed by atoms with E-state index in [1.165, 1.54) is 11.3 Å². The largest absolute Gasteiger partial charge is 0.272 e. The van der Waals surface area contributed by atoms with Crippen molar-refractivity contribution in [2.75, 3.05) is 0 Å². The predicted octanol–water partition coefficient (Wildman–Crippen LogP) is 3.46. The molecule has 78 valence electrons. The molecule has 0 aliphatic rings. The zero-order valence-corrected chi connectivity index (χ0v) is 9.02. The standard InChI is InChI=1S/C11H7N3OS/c15-13-10-9(8-4-2-1-3-5-8)12-11-14(10)6-7-16-11/h1-7H. The van der Waals surface area contributed by atoms with Gasteiger partial charge in [-0.05, 0) is 5.18 Å². The van der Waals surface area contributed by atoms with Crippen molar-refractivity contribution >= 4 is 22.1 Å². The molecule has 0 atom stereocenters. The van der Waals surface area contributed by atoms with Gasteiger partial charge in [0.05, 0.1) is 0 Å². The van der Waals surface area contributed by atoms with E-state index in [-0.39, 0.29) is 0 Å². The third-order valence-electron chi connectivity index (χ3n) is 2.37. The molecular formula is C11H7N3OS. The summed E-state index contributed by atoms with van der Waals surface area (Å²) in [7, 11) is 0. The van der Waals surface area contributed by atoms with Gasteiger partial charge < -0.3 is 0 Å². The number of hydrogen-bond acceptors (Lipinski definition) is 4. The monoisotopic (exact) mass is 229 g/mol. The molecule has 4 nitrogen and oxygen atoms in total. The van der Waals surface area contributed by atoms with Crippen LogP contribution in [0.1, 0.15) is 0 Å². The number of fused-ring (bicyclic) bond motifs is 1. The van der Waals surface area contributed by atoms with E-state index >= 15 is 0 Å². The SMILES string of the molecule is O=Nc1c(-c2ccccc2)nc2sccn12.